The fourth-order valence-corrected chi connectivity index (χ4v) is 4.29. The summed E-state index contributed by atoms with van der Waals surface area (Å²) in [5, 5.41) is 28.8. The highest BCUT2D eigenvalue weighted by Gasteiger charge is 2.43. The average Bonchev–Trinajstić information content (AvgIpc) is 3.33. The molecule has 1 aromatic heterocycles. The second-order valence-corrected chi connectivity index (χ2v) is 8.81. The molecule has 8 nitrogen and oxygen atoms in total. The highest BCUT2D eigenvalue weighted by Crippen LogP contribution is 2.34. The van der Waals surface area contributed by atoms with E-state index in [2.05, 4.69) is 10.3 Å². The maximum atomic E-state index is 13.6. The molecule has 4 atom stereocenters. The molecule has 2 heterocycles. The fraction of sp³-hybridized carbons (Fsp3) is 0.318. The summed E-state index contributed by atoms with van der Waals surface area (Å²) in [6.07, 6.45) is -2.33. The Labute approximate surface area is 207 Å². The molecule has 1 amide bonds. The number of halogens is 5. The SMILES string of the molecule is CN(C(=O)[C@H]1C[C@@H](n2cc(-c3cc(F)c(F)c(F)c3)nn2)[C@@H](O)[C@@H](CO)O1)c1cc(Cl)ccc1Cl. The summed E-state index contributed by atoms with van der Waals surface area (Å²) < 4.78 is 47.4. The fourth-order valence-electron chi connectivity index (χ4n) is 3.88. The van der Waals surface area contributed by atoms with Crippen LogP contribution in [0.3, 0.4) is 0 Å². The molecule has 35 heavy (non-hydrogen) atoms. The van der Waals surface area contributed by atoms with E-state index >= 15 is 0 Å². The number of hydrogen-bond acceptors (Lipinski definition) is 6. The van der Waals surface area contributed by atoms with Gasteiger partial charge in [-0.15, -0.1) is 5.10 Å². The number of anilines is 1. The number of benzene rings is 2. The number of carbonyl (C=O) groups is 1. The van der Waals surface area contributed by atoms with Crippen LogP contribution in [0.2, 0.25) is 10.0 Å². The monoisotopic (exact) mass is 530 g/mol. The van der Waals surface area contributed by atoms with E-state index in [4.69, 9.17) is 27.9 Å². The number of hydrogen-bond donors (Lipinski definition) is 2. The summed E-state index contributed by atoms with van der Waals surface area (Å²) in [7, 11) is 1.47. The molecular formula is C22H19Cl2F3N4O4. The zero-order valence-electron chi connectivity index (χ0n) is 18.1. The first-order chi connectivity index (χ1) is 16.6. The van der Waals surface area contributed by atoms with Crippen molar-refractivity contribution >= 4 is 34.8 Å². The van der Waals surface area contributed by atoms with Gasteiger partial charge in [0.25, 0.3) is 5.91 Å². The van der Waals surface area contributed by atoms with Crippen molar-refractivity contribution in [2.75, 3.05) is 18.6 Å². The van der Waals surface area contributed by atoms with Gasteiger partial charge < -0.3 is 19.8 Å². The molecule has 0 bridgehead atoms. The lowest BCUT2D eigenvalue weighted by atomic mass is 9.94. The van der Waals surface area contributed by atoms with Gasteiger partial charge in [0.2, 0.25) is 0 Å². The molecule has 3 aromatic rings. The standard InChI is InChI=1S/C22H19Cl2F3N4O4/c1-30(16-6-11(23)2-3-12(16)24)22(34)18-7-17(21(33)19(9-32)35-18)31-8-15(28-29-31)10-4-13(25)20(27)14(26)5-10/h2-6,8,17-19,21,32-33H,7,9H2,1H3/t17-,18-,19-,21-/m1/s1. The van der Waals surface area contributed by atoms with Crippen molar-refractivity contribution in [2.24, 2.45) is 0 Å². The van der Waals surface area contributed by atoms with Gasteiger partial charge in [0.1, 0.15) is 24.0 Å². The summed E-state index contributed by atoms with van der Waals surface area (Å²) >= 11 is 12.2. The minimum atomic E-state index is -1.61. The Hall–Kier alpha value is -2.70. The number of aliphatic hydroxyl groups excluding tert-OH is 2. The lowest BCUT2D eigenvalue weighted by Crippen LogP contribution is -2.52. The quantitative estimate of drug-likeness (QED) is 0.490. The highest BCUT2D eigenvalue weighted by atomic mass is 35.5. The maximum Gasteiger partial charge on any atom is 0.255 e. The first-order valence-corrected chi connectivity index (χ1v) is 11.1. The summed E-state index contributed by atoms with van der Waals surface area (Å²) in [6, 6.07) is 5.24. The number of ether oxygens (including phenoxy) is 1. The third-order valence-electron chi connectivity index (χ3n) is 5.75. The summed E-state index contributed by atoms with van der Waals surface area (Å²) in [6.45, 7) is -0.598. The van der Waals surface area contributed by atoms with Gasteiger partial charge in [0, 0.05) is 24.1 Å². The van der Waals surface area contributed by atoms with Crippen LogP contribution in [0, 0.1) is 17.5 Å². The summed E-state index contributed by atoms with van der Waals surface area (Å²) in [4.78, 5) is 14.5. The minimum Gasteiger partial charge on any atom is -0.394 e. The number of aromatic nitrogens is 3. The first-order valence-electron chi connectivity index (χ1n) is 10.3. The van der Waals surface area contributed by atoms with Gasteiger partial charge in [-0.05, 0) is 30.3 Å². The van der Waals surface area contributed by atoms with E-state index in [1.165, 1.54) is 35.0 Å². The lowest BCUT2D eigenvalue weighted by Gasteiger charge is -2.39. The Morgan fingerprint density at radius 2 is 1.91 bits per heavy atom. The van der Waals surface area contributed by atoms with E-state index < -0.39 is 54.3 Å². The molecule has 1 saturated heterocycles. The molecule has 186 valence electrons. The zero-order chi connectivity index (χ0) is 25.4. The van der Waals surface area contributed by atoms with Crippen LogP contribution >= 0.6 is 23.2 Å². The second kappa shape index (κ2) is 10.1. The van der Waals surface area contributed by atoms with Crippen molar-refractivity contribution in [1.82, 2.24) is 15.0 Å². The molecule has 0 saturated carbocycles. The van der Waals surface area contributed by atoms with Crippen LogP contribution in [-0.2, 0) is 9.53 Å². The molecule has 13 heteroatoms. The molecule has 4 rings (SSSR count). The Balaban J connectivity index is 1.61. The molecule has 1 fully saturated rings. The van der Waals surface area contributed by atoms with E-state index in [1.807, 2.05) is 0 Å². The second-order valence-electron chi connectivity index (χ2n) is 7.97. The normalized spacial score (nSPS) is 22.3. The van der Waals surface area contributed by atoms with Crippen LogP contribution in [0.15, 0.2) is 36.5 Å². The van der Waals surface area contributed by atoms with E-state index in [9.17, 15) is 28.2 Å². The first kappa shape index (κ1) is 25.4. The van der Waals surface area contributed by atoms with Gasteiger partial charge >= 0.3 is 0 Å². The third kappa shape index (κ3) is 5.00. The van der Waals surface area contributed by atoms with Crippen LogP contribution in [-0.4, -0.2) is 63.1 Å². The van der Waals surface area contributed by atoms with Gasteiger partial charge in [0.05, 0.1) is 29.6 Å². The van der Waals surface area contributed by atoms with Gasteiger partial charge in [-0.1, -0.05) is 28.4 Å². The van der Waals surface area contributed by atoms with Gasteiger partial charge in [0.15, 0.2) is 17.5 Å². The molecule has 0 unspecified atom stereocenters. The number of aliphatic hydroxyl groups is 2. The molecule has 0 aliphatic carbocycles. The predicted octanol–water partition coefficient (Wildman–Crippen LogP) is 3.38. The van der Waals surface area contributed by atoms with Crippen LogP contribution in [0.1, 0.15) is 12.5 Å². The molecule has 0 radical (unpaired) electrons. The lowest BCUT2D eigenvalue weighted by molar-refractivity contribution is -0.169. The zero-order valence-corrected chi connectivity index (χ0v) is 19.6. The van der Waals surface area contributed by atoms with Crippen LogP contribution in [0.4, 0.5) is 18.9 Å². The largest absolute Gasteiger partial charge is 0.394 e. The molecule has 1 aliphatic rings. The maximum absolute atomic E-state index is 13.6. The number of carbonyl (C=O) groups excluding carboxylic acids is 1. The molecule has 2 N–H and O–H groups in total. The topological polar surface area (TPSA) is 101 Å². The van der Waals surface area contributed by atoms with Crippen molar-refractivity contribution < 1.29 is 32.9 Å². The van der Waals surface area contributed by atoms with Crippen molar-refractivity contribution in [3.63, 3.8) is 0 Å². The van der Waals surface area contributed by atoms with E-state index in [0.29, 0.717) is 10.7 Å². The Bertz CT molecular complexity index is 1240. The van der Waals surface area contributed by atoms with Crippen LogP contribution < -0.4 is 4.90 Å². The van der Waals surface area contributed by atoms with E-state index in [0.717, 1.165) is 12.1 Å². The molecular weight excluding hydrogens is 512 g/mol. The van der Waals surface area contributed by atoms with Gasteiger partial charge in [-0.25, -0.2) is 17.9 Å². The van der Waals surface area contributed by atoms with Crippen LogP contribution in [0.25, 0.3) is 11.3 Å². The van der Waals surface area contributed by atoms with Crippen LogP contribution in [0.5, 0.6) is 0 Å². The Morgan fingerprint density at radius 1 is 1.23 bits per heavy atom. The van der Waals surface area contributed by atoms with Gasteiger partial charge in [-0.3, -0.25) is 4.79 Å². The summed E-state index contributed by atoms with van der Waals surface area (Å²) in [5.41, 5.74) is 0.267. The Morgan fingerprint density at radius 3 is 2.57 bits per heavy atom. The molecule has 1 aliphatic heterocycles. The number of nitrogens with zero attached hydrogens (tertiary/aromatic N) is 4. The third-order valence-corrected chi connectivity index (χ3v) is 6.31. The van der Waals surface area contributed by atoms with Crippen molar-refractivity contribution in [2.45, 2.75) is 30.8 Å². The molecule has 2 aromatic carbocycles. The average molecular weight is 531 g/mol. The van der Waals surface area contributed by atoms with Gasteiger partial charge in [-0.2, -0.15) is 0 Å². The predicted molar refractivity (Wildman–Crippen MR) is 121 cm³/mol. The van der Waals surface area contributed by atoms with Crippen molar-refractivity contribution in [3.8, 4) is 11.3 Å². The molecule has 0 spiro atoms. The number of rotatable bonds is 5. The van der Waals surface area contributed by atoms with E-state index in [1.54, 1.807) is 6.07 Å². The van der Waals surface area contributed by atoms with Crippen molar-refractivity contribution in [3.05, 3.63) is 64.0 Å². The smallest absolute Gasteiger partial charge is 0.255 e. The van der Waals surface area contributed by atoms with E-state index in [-0.39, 0.29) is 22.7 Å². The Kier molecular flexibility index (Phi) is 7.34. The summed E-state index contributed by atoms with van der Waals surface area (Å²) in [5.74, 6) is -4.92. The minimum absolute atomic E-state index is 0.00717. The number of likely N-dealkylation sites (N-methyl/N-ethyl adjacent to an activating group) is 1. The highest BCUT2D eigenvalue weighted by molar-refractivity contribution is 6.35. The van der Waals surface area contributed by atoms with Crippen molar-refractivity contribution in [1.29, 1.82) is 0 Å². The number of amides is 1.